The zero-order chi connectivity index (χ0) is 9.94. The van der Waals surface area contributed by atoms with E-state index >= 15 is 0 Å². The molecule has 13 heavy (non-hydrogen) atoms. The number of nitrogens with two attached hydrogens (primary N) is 1. The van der Waals surface area contributed by atoms with Crippen molar-refractivity contribution < 1.29 is 4.74 Å². The molecule has 0 amide bonds. The molecule has 3 N–H and O–H groups in total. The second kappa shape index (κ2) is 9.96. The lowest BCUT2D eigenvalue weighted by Crippen LogP contribution is -2.35. The van der Waals surface area contributed by atoms with Crippen LogP contribution in [0.5, 0.6) is 0 Å². The van der Waals surface area contributed by atoms with Gasteiger partial charge in [-0.1, -0.05) is 19.8 Å². The van der Waals surface area contributed by atoms with Crippen LogP contribution in [0.3, 0.4) is 0 Å². The summed E-state index contributed by atoms with van der Waals surface area (Å²) in [4.78, 5) is 0. The Morgan fingerprint density at radius 2 is 1.92 bits per heavy atom. The summed E-state index contributed by atoms with van der Waals surface area (Å²) in [6.45, 7) is 5.90. The minimum absolute atomic E-state index is 0.473. The fourth-order valence-corrected chi connectivity index (χ4v) is 1.34. The lowest BCUT2D eigenvalue weighted by molar-refractivity contribution is 0.140. The SMILES string of the molecule is CCCCC(CCCOCC)NN. The van der Waals surface area contributed by atoms with E-state index in [-0.39, 0.29) is 0 Å². The van der Waals surface area contributed by atoms with E-state index in [2.05, 4.69) is 12.3 Å². The fourth-order valence-electron chi connectivity index (χ4n) is 1.34. The summed E-state index contributed by atoms with van der Waals surface area (Å²) in [5.41, 5.74) is 2.86. The minimum Gasteiger partial charge on any atom is -0.382 e. The predicted octanol–water partition coefficient (Wildman–Crippen LogP) is 1.83. The molecule has 0 radical (unpaired) electrons. The van der Waals surface area contributed by atoms with Crippen LogP contribution in [0.25, 0.3) is 0 Å². The third-order valence-electron chi connectivity index (χ3n) is 2.19. The van der Waals surface area contributed by atoms with E-state index in [0.717, 1.165) is 26.1 Å². The zero-order valence-corrected chi connectivity index (χ0v) is 9.01. The number of nitrogens with one attached hydrogen (secondary N) is 1. The number of ether oxygens (including phenoxy) is 1. The molecule has 0 aliphatic heterocycles. The molecule has 0 saturated heterocycles. The number of hydrogen-bond donors (Lipinski definition) is 2. The molecule has 0 rings (SSSR count). The molecule has 0 aliphatic carbocycles. The maximum Gasteiger partial charge on any atom is 0.0466 e. The Morgan fingerprint density at radius 1 is 1.23 bits per heavy atom. The third kappa shape index (κ3) is 8.22. The van der Waals surface area contributed by atoms with Gasteiger partial charge in [0.2, 0.25) is 0 Å². The molecule has 0 spiro atoms. The maximum absolute atomic E-state index is 5.44. The van der Waals surface area contributed by atoms with Gasteiger partial charge >= 0.3 is 0 Å². The fraction of sp³-hybridized carbons (Fsp3) is 1.00. The summed E-state index contributed by atoms with van der Waals surface area (Å²) < 4.78 is 5.26. The zero-order valence-electron chi connectivity index (χ0n) is 9.01. The lowest BCUT2D eigenvalue weighted by atomic mass is 10.1. The van der Waals surface area contributed by atoms with Crippen LogP contribution in [0.4, 0.5) is 0 Å². The van der Waals surface area contributed by atoms with E-state index in [9.17, 15) is 0 Å². The molecule has 80 valence electrons. The van der Waals surface area contributed by atoms with Gasteiger partial charge in [0.05, 0.1) is 0 Å². The molecule has 0 saturated carbocycles. The summed E-state index contributed by atoms with van der Waals surface area (Å²) in [6, 6.07) is 0.473. The smallest absolute Gasteiger partial charge is 0.0466 e. The van der Waals surface area contributed by atoms with E-state index in [1.54, 1.807) is 0 Å². The molecule has 1 atom stereocenters. The highest BCUT2D eigenvalue weighted by atomic mass is 16.5. The highest BCUT2D eigenvalue weighted by molar-refractivity contribution is 4.62. The molecule has 0 fully saturated rings. The third-order valence-corrected chi connectivity index (χ3v) is 2.19. The first-order chi connectivity index (χ1) is 6.35. The lowest BCUT2D eigenvalue weighted by Gasteiger charge is -2.14. The van der Waals surface area contributed by atoms with Crippen LogP contribution in [-0.2, 0) is 4.74 Å². The first-order valence-electron chi connectivity index (χ1n) is 5.39. The predicted molar refractivity (Wildman–Crippen MR) is 56.4 cm³/mol. The molecule has 0 aromatic heterocycles. The Balaban J connectivity index is 3.25. The van der Waals surface area contributed by atoms with Gasteiger partial charge in [0.1, 0.15) is 0 Å². The number of hydrogen-bond acceptors (Lipinski definition) is 3. The van der Waals surface area contributed by atoms with Crippen LogP contribution in [0.1, 0.15) is 46.0 Å². The number of hydrazine groups is 1. The quantitative estimate of drug-likeness (QED) is 0.330. The Morgan fingerprint density at radius 3 is 2.46 bits per heavy atom. The van der Waals surface area contributed by atoms with Gasteiger partial charge < -0.3 is 4.74 Å². The van der Waals surface area contributed by atoms with Crippen molar-refractivity contribution in [2.75, 3.05) is 13.2 Å². The largest absolute Gasteiger partial charge is 0.382 e. The average molecular weight is 188 g/mol. The summed E-state index contributed by atoms with van der Waals surface area (Å²) >= 11 is 0. The van der Waals surface area contributed by atoms with Crippen LogP contribution in [0.15, 0.2) is 0 Å². The van der Waals surface area contributed by atoms with E-state index < -0.39 is 0 Å². The van der Waals surface area contributed by atoms with Crippen LogP contribution in [0, 0.1) is 0 Å². The second-order valence-electron chi connectivity index (χ2n) is 3.34. The van der Waals surface area contributed by atoms with Gasteiger partial charge in [-0.2, -0.15) is 0 Å². The van der Waals surface area contributed by atoms with Crippen molar-refractivity contribution in [3.8, 4) is 0 Å². The van der Waals surface area contributed by atoms with Gasteiger partial charge in [0, 0.05) is 19.3 Å². The Kier molecular flexibility index (Phi) is 9.87. The highest BCUT2D eigenvalue weighted by Gasteiger charge is 2.04. The Bertz CT molecular complexity index is 98.9. The molecular weight excluding hydrogens is 164 g/mol. The van der Waals surface area contributed by atoms with Crippen molar-refractivity contribution >= 4 is 0 Å². The molecule has 0 bridgehead atoms. The van der Waals surface area contributed by atoms with Crippen molar-refractivity contribution in [2.24, 2.45) is 5.84 Å². The monoisotopic (exact) mass is 188 g/mol. The van der Waals surface area contributed by atoms with Gasteiger partial charge in [-0.25, -0.2) is 0 Å². The van der Waals surface area contributed by atoms with Gasteiger partial charge in [-0.05, 0) is 26.2 Å². The van der Waals surface area contributed by atoms with Gasteiger partial charge in [0.15, 0.2) is 0 Å². The number of unbranched alkanes of at least 4 members (excludes halogenated alkanes) is 1. The minimum atomic E-state index is 0.473. The highest BCUT2D eigenvalue weighted by Crippen LogP contribution is 2.05. The van der Waals surface area contributed by atoms with Crippen molar-refractivity contribution in [1.29, 1.82) is 0 Å². The van der Waals surface area contributed by atoms with E-state index in [1.807, 2.05) is 6.92 Å². The summed E-state index contributed by atoms with van der Waals surface area (Å²) in [5, 5.41) is 0. The molecule has 0 aliphatic rings. The van der Waals surface area contributed by atoms with E-state index in [4.69, 9.17) is 10.6 Å². The van der Waals surface area contributed by atoms with Crippen molar-refractivity contribution in [1.82, 2.24) is 5.43 Å². The standard InChI is InChI=1S/C10H24N2O/c1-3-5-7-10(12-11)8-6-9-13-4-2/h10,12H,3-9,11H2,1-2H3. The summed E-state index contributed by atoms with van der Waals surface area (Å²) in [7, 11) is 0. The first kappa shape index (κ1) is 12.9. The molecule has 3 heteroatoms. The maximum atomic E-state index is 5.44. The molecular formula is C10H24N2O. The molecule has 0 aromatic carbocycles. The van der Waals surface area contributed by atoms with Crippen LogP contribution in [0.2, 0.25) is 0 Å². The van der Waals surface area contributed by atoms with Crippen LogP contribution >= 0.6 is 0 Å². The summed E-state index contributed by atoms with van der Waals surface area (Å²) in [5.74, 6) is 5.44. The summed E-state index contributed by atoms with van der Waals surface area (Å²) in [6.07, 6.45) is 5.90. The van der Waals surface area contributed by atoms with Gasteiger partial charge in [-0.3, -0.25) is 11.3 Å². The Hall–Kier alpha value is -0.120. The topological polar surface area (TPSA) is 47.3 Å². The molecule has 1 unspecified atom stereocenters. The Labute approximate surface area is 82.0 Å². The molecule has 0 aromatic rings. The second-order valence-corrected chi connectivity index (χ2v) is 3.34. The first-order valence-corrected chi connectivity index (χ1v) is 5.39. The van der Waals surface area contributed by atoms with Crippen molar-refractivity contribution in [3.05, 3.63) is 0 Å². The van der Waals surface area contributed by atoms with E-state index in [0.29, 0.717) is 6.04 Å². The van der Waals surface area contributed by atoms with Crippen molar-refractivity contribution in [2.45, 2.75) is 52.0 Å². The van der Waals surface area contributed by atoms with Gasteiger partial charge in [0.25, 0.3) is 0 Å². The van der Waals surface area contributed by atoms with Crippen molar-refractivity contribution in [3.63, 3.8) is 0 Å². The molecule has 3 nitrogen and oxygen atoms in total. The van der Waals surface area contributed by atoms with Crippen LogP contribution < -0.4 is 11.3 Å². The average Bonchev–Trinajstić information content (AvgIpc) is 2.17. The molecule has 0 heterocycles. The normalized spacial score (nSPS) is 13.2. The number of rotatable bonds is 9. The van der Waals surface area contributed by atoms with E-state index in [1.165, 1.54) is 19.3 Å². The van der Waals surface area contributed by atoms with Gasteiger partial charge in [-0.15, -0.1) is 0 Å². The van der Waals surface area contributed by atoms with Crippen LogP contribution in [-0.4, -0.2) is 19.3 Å².